The molecule has 0 heterocycles. The predicted molar refractivity (Wildman–Crippen MR) is 86.0 cm³/mol. The summed E-state index contributed by atoms with van der Waals surface area (Å²) in [4.78, 5) is 12.2. The highest BCUT2D eigenvalue weighted by Crippen LogP contribution is 2.29. The van der Waals surface area contributed by atoms with E-state index in [9.17, 15) is 13.6 Å². The molecule has 0 aliphatic heterocycles. The zero-order valence-electron chi connectivity index (χ0n) is 13.2. The van der Waals surface area contributed by atoms with Crippen LogP contribution in [0.4, 0.5) is 8.78 Å². The summed E-state index contributed by atoms with van der Waals surface area (Å²) in [6, 6.07) is 11.2. The van der Waals surface area contributed by atoms with Gasteiger partial charge in [-0.05, 0) is 35.9 Å². The summed E-state index contributed by atoms with van der Waals surface area (Å²) in [5.74, 6) is 0.472. The van der Waals surface area contributed by atoms with E-state index < -0.39 is 6.61 Å². The molecule has 0 spiro atoms. The third-order valence-electron chi connectivity index (χ3n) is 3.19. The van der Waals surface area contributed by atoms with E-state index in [1.165, 1.54) is 32.4 Å². The lowest BCUT2D eigenvalue weighted by atomic mass is 10.1. The maximum atomic E-state index is 12.3. The zero-order chi connectivity index (χ0) is 17.5. The Hall–Kier alpha value is -2.89. The average Bonchev–Trinajstić information content (AvgIpc) is 2.60. The van der Waals surface area contributed by atoms with Crippen LogP contribution in [0.25, 0.3) is 6.08 Å². The van der Waals surface area contributed by atoms with Crippen LogP contribution in [0.3, 0.4) is 0 Å². The highest BCUT2D eigenvalue weighted by atomic mass is 19.3. The molecule has 2 aromatic rings. The van der Waals surface area contributed by atoms with E-state index in [1.807, 2.05) is 0 Å². The van der Waals surface area contributed by atoms with Crippen molar-refractivity contribution < 1.29 is 27.8 Å². The van der Waals surface area contributed by atoms with Gasteiger partial charge >= 0.3 is 6.61 Å². The Kier molecular flexibility index (Phi) is 5.89. The molecule has 0 fully saturated rings. The molecule has 0 saturated carbocycles. The van der Waals surface area contributed by atoms with Gasteiger partial charge in [-0.3, -0.25) is 4.79 Å². The lowest BCUT2D eigenvalue weighted by molar-refractivity contribution is -0.0512. The van der Waals surface area contributed by atoms with Crippen molar-refractivity contribution >= 4 is 11.9 Å². The number of hydrogen-bond acceptors (Lipinski definition) is 4. The summed E-state index contributed by atoms with van der Waals surface area (Å²) in [7, 11) is 2.87. The largest absolute Gasteiger partial charge is 0.497 e. The maximum Gasteiger partial charge on any atom is 0.387 e. The zero-order valence-corrected chi connectivity index (χ0v) is 13.2. The van der Waals surface area contributed by atoms with E-state index in [1.54, 1.807) is 36.4 Å². The first-order valence-corrected chi connectivity index (χ1v) is 7.03. The second-order valence-corrected chi connectivity index (χ2v) is 4.72. The molecule has 24 heavy (non-hydrogen) atoms. The minimum absolute atomic E-state index is 0.0660. The monoisotopic (exact) mass is 334 g/mol. The summed E-state index contributed by atoms with van der Waals surface area (Å²) in [5, 5.41) is 0. The molecule has 0 saturated heterocycles. The summed E-state index contributed by atoms with van der Waals surface area (Å²) >= 11 is 0. The molecule has 126 valence electrons. The Morgan fingerprint density at radius 2 is 1.83 bits per heavy atom. The maximum absolute atomic E-state index is 12.3. The molecular formula is C18H16F2O4. The molecule has 0 aliphatic rings. The second kappa shape index (κ2) is 8.10. The van der Waals surface area contributed by atoms with Crippen molar-refractivity contribution in [3.63, 3.8) is 0 Å². The number of methoxy groups -OCH3 is 2. The van der Waals surface area contributed by atoms with Crippen LogP contribution in [0.5, 0.6) is 17.2 Å². The number of hydrogen-bond donors (Lipinski definition) is 0. The van der Waals surface area contributed by atoms with E-state index >= 15 is 0 Å². The third-order valence-corrected chi connectivity index (χ3v) is 3.19. The van der Waals surface area contributed by atoms with Gasteiger partial charge < -0.3 is 14.2 Å². The Morgan fingerprint density at radius 1 is 1.04 bits per heavy atom. The summed E-state index contributed by atoms with van der Waals surface area (Å²) in [6.45, 7) is -2.94. The van der Waals surface area contributed by atoms with Crippen molar-refractivity contribution in [3.05, 3.63) is 59.7 Å². The van der Waals surface area contributed by atoms with E-state index in [2.05, 4.69) is 4.74 Å². The van der Waals surface area contributed by atoms with Crippen molar-refractivity contribution in [2.45, 2.75) is 6.61 Å². The Bertz CT molecular complexity index is 742. The Morgan fingerprint density at radius 3 is 2.50 bits per heavy atom. The molecule has 0 radical (unpaired) electrons. The van der Waals surface area contributed by atoms with Gasteiger partial charge in [0.2, 0.25) is 0 Å². The Balaban J connectivity index is 2.17. The van der Waals surface area contributed by atoms with Crippen LogP contribution < -0.4 is 14.2 Å². The highest BCUT2D eigenvalue weighted by molar-refractivity contribution is 6.07. The van der Waals surface area contributed by atoms with Crippen LogP contribution in [0, 0.1) is 0 Å². The molecule has 2 aromatic carbocycles. The fraction of sp³-hybridized carbons (Fsp3) is 0.167. The molecule has 2 rings (SSSR count). The average molecular weight is 334 g/mol. The molecule has 0 N–H and O–H groups in total. The van der Waals surface area contributed by atoms with Gasteiger partial charge in [0, 0.05) is 5.56 Å². The van der Waals surface area contributed by atoms with Gasteiger partial charge in [0.05, 0.1) is 14.2 Å². The van der Waals surface area contributed by atoms with E-state index in [-0.39, 0.29) is 17.3 Å². The minimum atomic E-state index is -2.94. The van der Waals surface area contributed by atoms with Crippen molar-refractivity contribution in [3.8, 4) is 17.2 Å². The summed E-state index contributed by atoms with van der Waals surface area (Å²) in [6.07, 6.45) is 2.95. The molecule has 0 atom stereocenters. The number of rotatable bonds is 7. The van der Waals surface area contributed by atoms with Crippen LogP contribution in [0.2, 0.25) is 0 Å². The van der Waals surface area contributed by atoms with Gasteiger partial charge in [0.1, 0.15) is 5.75 Å². The van der Waals surface area contributed by atoms with Gasteiger partial charge in [-0.2, -0.15) is 8.78 Å². The van der Waals surface area contributed by atoms with Crippen molar-refractivity contribution in [1.29, 1.82) is 0 Å². The highest BCUT2D eigenvalue weighted by Gasteiger charge is 2.10. The molecule has 0 amide bonds. The standard InChI is InChI=1S/C18H16F2O4/c1-22-14-5-3-4-13(11-14)15(21)8-6-12-7-9-16(24-18(19)20)17(10-12)23-2/h3-11,18H,1-2H3. The molecule has 0 bridgehead atoms. The van der Waals surface area contributed by atoms with Crippen LogP contribution >= 0.6 is 0 Å². The van der Waals surface area contributed by atoms with Crippen LogP contribution in [0.15, 0.2) is 48.5 Å². The third kappa shape index (κ3) is 4.55. The molecular weight excluding hydrogens is 318 g/mol. The van der Waals surface area contributed by atoms with Gasteiger partial charge in [-0.1, -0.05) is 24.3 Å². The van der Waals surface area contributed by atoms with Crippen molar-refractivity contribution in [2.75, 3.05) is 14.2 Å². The number of carbonyl (C=O) groups excluding carboxylic acids is 1. The molecule has 0 unspecified atom stereocenters. The first kappa shape index (κ1) is 17.5. The number of halogens is 2. The normalized spacial score (nSPS) is 10.9. The smallest absolute Gasteiger partial charge is 0.387 e. The quantitative estimate of drug-likeness (QED) is 0.562. The second-order valence-electron chi connectivity index (χ2n) is 4.72. The number of alkyl halides is 2. The molecule has 4 nitrogen and oxygen atoms in total. The number of ketones is 1. The van der Waals surface area contributed by atoms with Crippen LogP contribution in [-0.2, 0) is 0 Å². The SMILES string of the molecule is COc1cccc(C(=O)C=Cc2ccc(OC(F)F)c(OC)c2)c1. The number of allylic oxidation sites excluding steroid dienone is 1. The molecule has 0 aromatic heterocycles. The fourth-order valence-electron chi connectivity index (χ4n) is 2.03. The Labute approximate surface area is 138 Å². The number of carbonyl (C=O) groups is 1. The van der Waals surface area contributed by atoms with E-state index in [0.29, 0.717) is 16.9 Å². The molecule has 6 heteroatoms. The first-order chi connectivity index (χ1) is 11.5. The summed E-state index contributed by atoms with van der Waals surface area (Å²) < 4.78 is 39.0. The van der Waals surface area contributed by atoms with Gasteiger partial charge in [0.25, 0.3) is 0 Å². The summed E-state index contributed by atoms with van der Waals surface area (Å²) in [5.41, 5.74) is 1.10. The van der Waals surface area contributed by atoms with Crippen LogP contribution in [0.1, 0.15) is 15.9 Å². The van der Waals surface area contributed by atoms with E-state index in [4.69, 9.17) is 9.47 Å². The lowest BCUT2D eigenvalue weighted by Crippen LogP contribution is -2.03. The predicted octanol–water partition coefficient (Wildman–Crippen LogP) is 4.20. The van der Waals surface area contributed by atoms with E-state index in [0.717, 1.165) is 0 Å². The van der Waals surface area contributed by atoms with Gasteiger partial charge in [0.15, 0.2) is 17.3 Å². The van der Waals surface area contributed by atoms with Gasteiger partial charge in [-0.15, -0.1) is 0 Å². The minimum Gasteiger partial charge on any atom is -0.497 e. The number of ether oxygens (including phenoxy) is 3. The van der Waals surface area contributed by atoms with Crippen molar-refractivity contribution in [2.24, 2.45) is 0 Å². The number of benzene rings is 2. The molecule has 0 aliphatic carbocycles. The van der Waals surface area contributed by atoms with Crippen LogP contribution in [-0.4, -0.2) is 26.6 Å². The van der Waals surface area contributed by atoms with Gasteiger partial charge in [-0.25, -0.2) is 0 Å². The fourth-order valence-corrected chi connectivity index (χ4v) is 2.03. The van der Waals surface area contributed by atoms with Crippen molar-refractivity contribution in [1.82, 2.24) is 0 Å². The lowest BCUT2D eigenvalue weighted by Gasteiger charge is -2.10. The topological polar surface area (TPSA) is 44.8 Å². The first-order valence-electron chi connectivity index (χ1n) is 7.03.